The minimum atomic E-state index is -0.579. The fourth-order valence-electron chi connectivity index (χ4n) is 4.97. The number of nitrogens with zero attached hydrogens (tertiary/aromatic N) is 3. The molecule has 1 aromatic carbocycles. The molecule has 176 valence electrons. The van der Waals surface area contributed by atoms with Gasteiger partial charge in [0.05, 0.1) is 12.1 Å². The molecular formula is C24H37N5O3. The van der Waals surface area contributed by atoms with Gasteiger partial charge >= 0.3 is 11.8 Å². The van der Waals surface area contributed by atoms with Gasteiger partial charge in [0, 0.05) is 65.2 Å². The predicted octanol–water partition coefficient (Wildman–Crippen LogP) is 0.769. The van der Waals surface area contributed by atoms with Crippen molar-refractivity contribution in [1.29, 1.82) is 0 Å². The summed E-state index contributed by atoms with van der Waals surface area (Å²) in [4.78, 5) is 31.9. The van der Waals surface area contributed by atoms with Crippen LogP contribution < -0.4 is 15.5 Å². The molecule has 0 unspecified atom stereocenters. The van der Waals surface area contributed by atoms with Crippen molar-refractivity contribution in [2.45, 2.75) is 37.8 Å². The second-order valence-electron chi connectivity index (χ2n) is 9.32. The van der Waals surface area contributed by atoms with Gasteiger partial charge in [-0.15, -0.1) is 0 Å². The summed E-state index contributed by atoms with van der Waals surface area (Å²) in [6.07, 6.45) is 4.21. The van der Waals surface area contributed by atoms with Crippen LogP contribution in [0.2, 0.25) is 0 Å². The first-order chi connectivity index (χ1) is 15.5. The number of nitrogens with one attached hydrogen (secondary N) is 2. The number of piperazine rings is 1. The monoisotopic (exact) mass is 443 g/mol. The van der Waals surface area contributed by atoms with Gasteiger partial charge in [-0.1, -0.05) is 12.1 Å². The molecule has 3 aliphatic rings. The van der Waals surface area contributed by atoms with Crippen LogP contribution in [0.3, 0.4) is 0 Å². The number of carbonyl (C=O) groups is 2. The largest absolute Gasteiger partial charge is 0.376 e. The van der Waals surface area contributed by atoms with E-state index in [2.05, 4.69) is 57.6 Å². The van der Waals surface area contributed by atoms with Crippen molar-refractivity contribution in [3.8, 4) is 0 Å². The standard InChI is InChI=1S/C24H37N5O3/c1-27-10-12-29(13-11-27)22(19-7-8-21-18(15-19)5-3-9-28(21)2)17-26-24(31)23(30)25-16-20-6-4-14-32-20/h7-8,15,20,22H,3-6,9-14,16-17H2,1-2H3,(H,25,30)(H,26,31)/t20-,22-/m1/s1. The molecule has 8 nitrogen and oxygen atoms in total. The van der Waals surface area contributed by atoms with Gasteiger partial charge in [-0.05, 0) is 49.9 Å². The van der Waals surface area contributed by atoms with Crippen LogP contribution in [-0.4, -0.2) is 94.2 Å². The number of fused-ring (bicyclic) bond motifs is 1. The van der Waals surface area contributed by atoms with Crippen LogP contribution in [0.1, 0.15) is 36.4 Å². The highest BCUT2D eigenvalue weighted by atomic mass is 16.5. The summed E-state index contributed by atoms with van der Waals surface area (Å²) in [7, 11) is 4.28. The fraction of sp³-hybridized carbons (Fsp3) is 0.667. The van der Waals surface area contributed by atoms with E-state index in [1.54, 1.807) is 0 Å². The Morgan fingerprint density at radius 1 is 1.06 bits per heavy atom. The highest BCUT2D eigenvalue weighted by Gasteiger charge is 2.27. The number of aryl methyl sites for hydroxylation is 1. The van der Waals surface area contributed by atoms with Gasteiger partial charge in [0.1, 0.15) is 0 Å². The average molecular weight is 444 g/mol. The lowest BCUT2D eigenvalue weighted by atomic mass is 9.95. The Kier molecular flexibility index (Phi) is 7.65. The van der Waals surface area contributed by atoms with Crippen molar-refractivity contribution in [3.05, 3.63) is 29.3 Å². The van der Waals surface area contributed by atoms with E-state index in [9.17, 15) is 9.59 Å². The minimum Gasteiger partial charge on any atom is -0.376 e. The molecule has 2 fully saturated rings. The third kappa shape index (κ3) is 5.60. The van der Waals surface area contributed by atoms with Crippen LogP contribution in [0.25, 0.3) is 0 Å². The van der Waals surface area contributed by atoms with Crippen LogP contribution in [0.15, 0.2) is 18.2 Å². The van der Waals surface area contributed by atoms with Crippen molar-refractivity contribution in [1.82, 2.24) is 20.4 Å². The Morgan fingerprint density at radius 3 is 2.59 bits per heavy atom. The van der Waals surface area contributed by atoms with E-state index in [-0.39, 0.29) is 12.1 Å². The zero-order chi connectivity index (χ0) is 22.5. The molecule has 0 bridgehead atoms. The van der Waals surface area contributed by atoms with Crippen molar-refractivity contribution in [2.24, 2.45) is 0 Å². The second kappa shape index (κ2) is 10.6. The van der Waals surface area contributed by atoms with Gasteiger partial charge in [-0.2, -0.15) is 0 Å². The molecule has 3 aliphatic heterocycles. The molecule has 2 N–H and O–H groups in total. The number of likely N-dealkylation sites (N-methyl/N-ethyl adjacent to an activating group) is 1. The Balaban J connectivity index is 1.41. The summed E-state index contributed by atoms with van der Waals surface area (Å²) in [6, 6.07) is 6.75. The Morgan fingerprint density at radius 2 is 1.84 bits per heavy atom. The van der Waals surface area contributed by atoms with Crippen LogP contribution in [0.5, 0.6) is 0 Å². The smallest absolute Gasteiger partial charge is 0.309 e. The summed E-state index contributed by atoms with van der Waals surface area (Å²) in [6.45, 7) is 6.52. The van der Waals surface area contributed by atoms with E-state index in [1.165, 1.54) is 16.8 Å². The van der Waals surface area contributed by atoms with E-state index < -0.39 is 11.8 Å². The molecule has 0 aromatic heterocycles. The van der Waals surface area contributed by atoms with E-state index in [4.69, 9.17) is 4.74 Å². The van der Waals surface area contributed by atoms with Gasteiger partial charge in [-0.25, -0.2) is 0 Å². The Bertz CT molecular complexity index is 803. The maximum absolute atomic E-state index is 12.5. The number of benzene rings is 1. The van der Waals surface area contributed by atoms with Crippen LogP contribution in [-0.2, 0) is 20.7 Å². The first kappa shape index (κ1) is 23.0. The van der Waals surface area contributed by atoms with Crippen molar-refractivity contribution in [2.75, 3.05) is 71.4 Å². The number of amides is 2. The molecule has 4 rings (SSSR count). The molecule has 0 aliphatic carbocycles. The Labute approximate surface area is 191 Å². The number of ether oxygens (including phenoxy) is 1. The van der Waals surface area contributed by atoms with Gasteiger partial charge < -0.3 is 25.2 Å². The maximum Gasteiger partial charge on any atom is 0.309 e. The minimum absolute atomic E-state index is 0.0264. The summed E-state index contributed by atoms with van der Waals surface area (Å²) in [5.74, 6) is -1.15. The molecule has 0 spiro atoms. The van der Waals surface area contributed by atoms with Gasteiger partial charge in [-0.3, -0.25) is 14.5 Å². The third-order valence-corrected chi connectivity index (χ3v) is 6.99. The number of rotatable bonds is 6. The van der Waals surface area contributed by atoms with Crippen LogP contribution in [0.4, 0.5) is 5.69 Å². The van der Waals surface area contributed by atoms with Gasteiger partial charge in [0.15, 0.2) is 0 Å². The van der Waals surface area contributed by atoms with E-state index >= 15 is 0 Å². The number of carbonyl (C=O) groups excluding carboxylic acids is 2. The van der Waals surface area contributed by atoms with Crippen molar-refractivity contribution >= 4 is 17.5 Å². The van der Waals surface area contributed by atoms with Crippen LogP contribution >= 0.6 is 0 Å². The SMILES string of the molecule is CN1CCN([C@H](CNC(=O)C(=O)NC[C@H]2CCCO2)c2ccc3c(c2)CCCN3C)CC1. The summed E-state index contributed by atoms with van der Waals surface area (Å²) < 4.78 is 5.52. The van der Waals surface area contributed by atoms with E-state index in [0.717, 1.165) is 65.0 Å². The van der Waals surface area contributed by atoms with Gasteiger partial charge in [0.2, 0.25) is 0 Å². The first-order valence-corrected chi connectivity index (χ1v) is 12.0. The number of anilines is 1. The van der Waals surface area contributed by atoms with Crippen molar-refractivity contribution < 1.29 is 14.3 Å². The van der Waals surface area contributed by atoms with E-state index in [0.29, 0.717) is 13.1 Å². The highest BCUT2D eigenvalue weighted by Crippen LogP contribution is 2.31. The van der Waals surface area contributed by atoms with Crippen molar-refractivity contribution in [3.63, 3.8) is 0 Å². The summed E-state index contributed by atoms with van der Waals surface area (Å²) in [5.41, 5.74) is 3.88. The summed E-state index contributed by atoms with van der Waals surface area (Å²) >= 11 is 0. The maximum atomic E-state index is 12.5. The average Bonchev–Trinajstić information content (AvgIpc) is 3.32. The quantitative estimate of drug-likeness (QED) is 0.633. The lowest BCUT2D eigenvalue weighted by Crippen LogP contribution is -2.50. The molecule has 32 heavy (non-hydrogen) atoms. The predicted molar refractivity (Wildman–Crippen MR) is 125 cm³/mol. The molecular weight excluding hydrogens is 406 g/mol. The highest BCUT2D eigenvalue weighted by molar-refractivity contribution is 6.35. The lowest BCUT2D eigenvalue weighted by molar-refractivity contribution is -0.139. The van der Waals surface area contributed by atoms with E-state index in [1.807, 2.05) is 0 Å². The molecule has 3 heterocycles. The zero-order valence-corrected chi connectivity index (χ0v) is 19.4. The molecule has 0 radical (unpaired) electrons. The number of hydrogen-bond acceptors (Lipinski definition) is 6. The van der Waals surface area contributed by atoms with Crippen LogP contribution in [0, 0.1) is 0 Å². The first-order valence-electron chi connectivity index (χ1n) is 12.0. The zero-order valence-electron chi connectivity index (χ0n) is 19.4. The van der Waals surface area contributed by atoms with Gasteiger partial charge in [0.25, 0.3) is 0 Å². The molecule has 1 aromatic rings. The Hall–Kier alpha value is -2.16. The fourth-order valence-corrected chi connectivity index (χ4v) is 4.97. The lowest BCUT2D eigenvalue weighted by Gasteiger charge is -2.39. The third-order valence-electron chi connectivity index (χ3n) is 6.99. The summed E-state index contributed by atoms with van der Waals surface area (Å²) in [5, 5.41) is 5.61. The topological polar surface area (TPSA) is 77.1 Å². The second-order valence-corrected chi connectivity index (χ2v) is 9.32. The normalized spacial score (nSPS) is 22.9. The molecule has 2 atom stereocenters. The molecule has 2 saturated heterocycles. The molecule has 2 amide bonds. The molecule has 8 heteroatoms. The molecule has 0 saturated carbocycles. The number of hydrogen-bond donors (Lipinski definition) is 2.